The molecule has 0 unspecified atom stereocenters. The van der Waals surface area contributed by atoms with E-state index in [1.165, 1.54) is 12.1 Å². The van der Waals surface area contributed by atoms with E-state index in [-0.39, 0.29) is 28.2 Å². The van der Waals surface area contributed by atoms with Gasteiger partial charge in [0.25, 0.3) is 10.0 Å². The first-order valence-corrected chi connectivity index (χ1v) is 11.5. The summed E-state index contributed by atoms with van der Waals surface area (Å²) >= 11 is 0. The van der Waals surface area contributed by atoms with Crippen molar-refractivity contribution in [1.29, 1.82) is 0 Å². The Kier molecular flexibility index (Phi) is 5.87. The number of anilines is 1. The molecule has 1 saturated heterocycles. The summed E-state index contributed by atoms with van der Waals surface area (Å²) in [6.07, 6.45) is -2.72. The van der Waals surface area contributed by atoms with Crippen LogP contribution in [0.5, 0.6) is 0 Å². The molecule has 0 saturated carbocycles. The van der Waals surface area contributed by atoms with Crippen LogP contribution >= 0.6 is 0 Å². The molecule has 0 aliphatic carbocycles. The smallest absolute Gasteiger partial charge is 0.334 e. The second-order valence-electron chi connectivity index (χ2n) is 7.58. The van der Waals surface area contributed by atoms with Crippen LogP contribution in [0.1, 0.15) is 34.7 Å². The van der Waals surface area contributed by atoms with Crippen LogP contribution in [-0.4, -0.2) is 42.5 Å². The number of aromatic nitrogens is 2. The van der Waals surface area contributed by atoms with Crippen molar-refractivity contribution in [3.8, 4) is 11.4 Å². The van der Waals surface area contributed by atoms with E-state index in [1.807, 2.05) is 0 Å². The Bertz CT molecular complexity index is 1280. The molecule has 1 aliphatic rings. The van der Waals surface area contributed by atoms with Crippen LogP contribution in [0.4, 0.5) is 18.9 Å². The van der Waals surface area contributed by atoms with Crippen molar-refractivity contribution in [3.63, 3.8) is 0 Å². The van der Waals surface area contributed by atoms with Gasteiger partial charge in [0.05, 0.1) is 10.5 Å². The average molecular weight is 480 g/mol. The lowest BCUT2D eigenvalue weighted by Crippen LogP contribution is -2.27. The van der Waals surface area contributed by atoms with Crippen molar-refractivity contribution in [2.45, 2.75) is 30.8 Å². The fourth-order valence-corrected chi connectivity index (χ4v) is 4.78. The molecule has 0 radical (unpaired) electrons. The summed E-state index contributed by atoms with van der Waals surface area (Å²) in [6.45, 7) is 2.79. The van der Waals surface area contributed by atoms with Gasteiger partial charge in [-0.25, -0.2) is 8.42 Å². The Balaban J connectivity index is 1.58. The van der Waals surface area contributed by atoms with E-state index in [4.69, 9.17) is 4.52 Å². The molecule has 12 heteroatoms. The normalized spacial score (nSPS) is 14.5. The maximum atomic E-state index is 12.9. The van der Waals surface area contributed by atoms with Gasteiger partial charge < -0.3 is 9.42 Å². The number of aryl methyl sites for hydroxylation is 1. The number of hydrogen-bond acceptors (Lipinski definition) is 6. The van der Waals surface area contributed by atoms with Crippen LogP contribution in [0, 0.1) is 6.92 Å². The van der Waals surface area contributed by atoms with Crippen LogP contribution in [-0.2, 0) is 16.2 Å². The van der Waals surface area contributed by atoms with Crippen molar-refractivity contribution in [2.75, 3.05) is 17.8 Å². The Hall–Kier alpha value is -3.41. The molecule has 4 rings (SSSR count). The quantitative estimate of drug-likeness (QED) is 0.590. The van der Waals surface area contributed by atoms with E-state index >= 15 is 0 Å². The SMILES string of the molecule is Cc1ccc(-c2noc(C(=O)N3CCCC3)n2)cc1S(=O)(=O)Nc1ccc(C(F)(F)F)cc1. The number of nitrogens with zero attached hydrogens (tertiary/aromatic N) is 3. The highest BCUT2D eigenvalue weighted by Crippen LogP contribution is 2.31. The summed E-state index contributed by atoms with van der Waals surface area (Å²) in [5.74, 6) is -0.515. The average Bonchev–Trinajstić information content (AvgIpc) is 3.45. The number of sulfonamides is 1. The van der Waals surface area contributed by atoms with Gasteiger partial charge in [0.1, 0.15) is 0 Å². The predicted molar refractivity (Wildman–Crippen MR) is 112 cm³/mol. The monoisotopic (exact) mass is 480 g/mol. The van der Waals surface area contributed by atoms with E-state index in [9.17, 15) is 26.4 Å². The largest absolute Gasteiger partial charge is 0.416 e. The number of amides is 1. The molecule has 1 aromatic heterocycles. The summed E-state index contributed by atoms with van der Waals surface area (Å²) in [5.41, 5.74) is -0.210. The van der Waals surface area contributed by atoms with Gasteiger partial charge in [-0.05, 0) is 55.7 Å². The fraction of sp³-hybridized carbons (Fsp3) is 0.286. The number of nitrogens with one attached hydrogen (secondary N) is 1. The van der Waals surface area contributed by atoms with E-state index in [0.29, 0.717) is 24.2 Å². The molecule has 0 spiro atoms. The van der Waals surface area contributed by atoms with Crippen molar-refractivity contribution >= 4 is 21.6 Å². The van der Waals surface area contributed by atoms with Gasteiger partial charge in [-0.1, -0.05) is 17.3 Å². The molecule has 33 heavy (non-hydrogen) atoms. The molecular formula is C21H19F3N4O4S. The lowest BCUT2D eigenvalue weighted by atomic mass is 10.1. The van der Waals surface area contributed by atoms with Crippen molar-refractivity contribution in [3.05, 3.63) is 59.5 Å². The van der Waals surface area contributed by atoms with E-state index < -0.39 is 21.8 Å². The number of hydrogen-bond donors (Lipinski definition) is 1. The second kappa shape index (κ2) is 8.50. The summed E-state index contributed by atoms with van der Waals surface area (Å²) < 4.78 is 71.4. The molecule has 1 aliphatic heterocycles. The molecule has 1 fully saturated rings. The highest BCUT2D eigenvalue weighted by molar-refractivity contribution is 7.92. The third kappa shape index (κ3) is 4.85. The standard InChI is InChI=1S/C21H19F3N4O4S/c1-13-4-5-14(18-25-19(32-26-18)20(29)28-10-2-3-11-28)12-17(13)33(30,31)27-16-8-6-15(7-9-16)21(22,23)24/h4-9,12,27H,2-3,10-11H2,1H3. The van der Waals surface area contributed by atoms with Gasteiger partial charge in [-0.3, -0.25) is 9.52 Å². The molecule has 3 aromatic rings. The van der Waals surface area contributed by atoms with E-state index in [2.05, 4.69) is 14.9 Å². The third-order valence-electron chi connectivity index (χ3n) is 5.20. The molecule has 2 aromatic carbocycles. The first kappa shape index (κ1) is 22.8. The van der Waals surface area contributed by atoms with Gasteiger partial charge in [-0.15, -0.1) is 0 Å². The zero-order valence-electron chi connectivity index (χ0n) is 17.4. The first-order chi connectivity index (χ1) is 15.5. The predicted octanol–water partition coefficient (Wildman–Crippen LogP) is 4.10. The lowest BCUT2D eigenvalue weighted by molar-refractivity contribution is -0.137. The molecule has 8 nitrogen and oxygen atoms in total. The van der Waals surface area contributed by atoms with Crippen molar-refractivity contribution in [2.24, 2.45) is 0 Å². The molecule has 2 heterocycles. The van der Waals surface area contributed by atoms with E-state index in [1.54, 1.807) is 17.9 Å². The molecule has 0 bridgehead atoms. The number of carbonyl (C=O) groups excluding carboxylic acids is 1. The third-order valence-corrected chi connectivity index (χ3v) is 6.73. The van der Waals surface area contributed by atoms with Crippen LogP contribution < -0.4 is 4.72 Å². The number of likely N-dealkylation sites (tertiary alicyclic amines) is 1. The minimum atomic E-state index is -4.53. The van der Waals surface area contributed by atoms with Crippen LogP contribution in [0.2, 0.25) is 0 Å². The summed E-state index contributed by atoms with van der Waals surface area (Å²) in [5, 5.41) is 3.79. The number of alkyl halides is 3. The number of rotatable bonds is 5. The lowest BCUT2D eigenvalue weighted by Gasteiger charge is -2.12. The van der Waals surface area contributed by atoms with Gasteiger partial charge >= 0.3 is 18.0 Å². The van der Waals surface area contributed by atoms with Crippen molar-refractivity contribution in [1.82, 2.24) is 15.0 Å². The Labute approximate surface area is 187 Å². The summed E-state index contributed by atoms with van der Waals surface area (Å²) in [4.78, 5) is 18.0. The maximum absolute atomic E-state index is 12.9. The van der Waals surface area contributed by atoms with Crippen LogP contribution in [0.3, 0.4) is 0 Å². The molecular weight excluding hydrogens is 461 g/mol. The number of carbonyl (C=O) groups is 1. The fourth-order valence-electron chi connectivity index (χ4n) is 3.45. The van der Waals surface area contributed by atoms with E-state index in [0.717, 1.165) is 37.1 Å². The number of halogens is 3. The summed E-state index contributed by atoms with van der Waals surface area (Å²) in [7, 11) is -4.14. The zero-order valence-corrected chi connectivity index (χ0v) is 18.2. The highest BCUT2D eigenvalue weighted by atomic mass is 32.2. The van der Waals surface area contributed by atoms with Crippen LogP contribution in [0.15, 0.2) is 51.9 Å². The minimum Gasteiger partial charge on any atom is -0.334 e. The number of benzene rings is 2. The Morgan fingerprint density at radius 1 is 1.09 bits per heavy atom. The highest BCUT2D eigenvalue weighted by Gasteiger charge is 2.30. The van der Waals surface area contributed by atoms with Gasteiger partial charge in [0.15, 0.2) is 0 Å². The molecule has 174 valence electrons. The van der Waals surface area contributed by atoms with Gasteiger partial charge in [0, 0.05) is 24.3 Å². The van der Waals surface area contributed by atoms with Crippen LogP contribution in [0.25, 0.3) is 11.4 Å². The zero-order chi connectivity index (χ0) is 23.8. The molecule has 0 atom stereocenters. The maximum Gasteiger partial charge on any atom is 0.416 e. The first-order valence-electron chi connectivity index (χ1n) is 9.99. The van der Waals surface area contributed by atoms with Crippen molar-refractivity contribution < 1.29 is 30.9 Å². The topological polar surface area (TPSA) is 105 Å². The molecule has 1 N–H and O–H groups in total. The second-order valence-corrected chi connectivity index (χ2v) is 9.23. The van der Waals surface area contributed by atoms with Gasteiger partial charge in [0.2, 0.25) is 5.82 Å². The van der Waals surface area contributed by atoms with Gasteiger partial charge in [-0.2, -0.15) is 18.2 Å². The Morgan fingerprint density at radius 3 is 2.39 bits per heavy atom. The Morgan fingerprint density at radius 2 is 1.76 bits per heavy atom. The summed E-state index contributed by atoms with van der Waals surface area (Å²) in [6, 6.07) is 8.09. The molecule has 1 amide bonds. The minimum absolute atomic E-state index is 0.0224.